The summed E-state index contributed by atoms with van der Waals surface area (Å²) in [5.74, 6) is -0.450. The Morgan fingerprint density at radius 2 is 2.32 bits per heavy atom. The number of anilines is 1. The Kier molecular flexibility index (Phi) is 5.11. The second kappa shape index (κ2) is 7.46. The van der Waals surface area contributed by atoms with Crippen LogP contribution in [0.3, 0.4) is 0 Å². The van der Waals surface area contributed by atoms with Crippen LogP contribution in [0.1, 0.15) is 16.2 Å². The first-order chi connectivity index (χ1) is 12.1. The highest BCUT2D eigenvalue weighted by Crippen LogP contribution is 2.31. The van der Waals surface area contributed by atoms with E-state index in [1.807, 2.05) is 6.92 Å². The molecule has 1 amide bonds. The summed E-state index contributed by atoms with van der Waals surface area (Å²) < 4.78 is 15.6. The highest BCUT2D eigenvalue weighted by atomic mass is 32.2. The van der Waals surface area contributed by atoms with E-state index in [-0.39, 0.29) is 11.5 Å². The van der Waals surface area contributed by atoms with Gasteiger partial charge in [-0.2, -0.15) is 10.4 Å². The molecule has 3 aromatic rings. The molecule has 6 nitrogen and oxygen atoms in total. The lowest BCUT2D eigenvalue weighted by Gasteiger charge is -2.01. The molecule has 0 atom stereocenters. The van der Waals surface area contributed by atoms with Gasteiger partial charge in [0, 0.05) is 6.20 Å². The van der Waals surface area contributed by atoms with Crippen molar-refractivity contribution in [3.63, 3.8) is 0 Å². The smallest absolute Gasteiger partial charge is 0.277 e. The van der Waals surface area contributed by atoms with Crippen LogP contribution in [0, 0.1) is 24.1 Å². The van der Waals surface area contributed by atoms with Crippen LogP contribution in [0.25, 0.3) is 5.69 Å². The number of nitriles is 1. The van der Waals surface area contributed by atoms with E-state index < -0.39 is 5.91 Å². The van der Waals surface area contributed by atoms with Gasteiger partial charge in [0.15, 0.2) is 10.8 Å². The van der Waals surface area contributed by atoms with Gasteiger partial charge in [-0.15, -0.1) is 0 Å². The van der Waals surface area contributed by atoms with Crippen molar-refractivity contribution in [3.8, 4) is 11.8 Å². The molecule has 0 unspecified atom stereocenters. The Bertz CT molecular complexity index is 960. The number of carbonyl (C=O) groups excluding carboxylic acids is 1. The molecule has 0 radical (unpaired) electrons. The van der Waals surface area contributed by atoms with Gasteiger partial charge in [0.1, 0.15) is 5.82 Å². The molecule has 0 bridgehead atoms. The van der Waals surface area contributed by atoms with Gasteiger partial charge in [-0.1, -0.05) is 29.2 Å². The average Bonchev–Trinajstić information content (AvgIpc) is 3.20. The number of rotatable bonds is 5. The van der Waals surface area contributed by atoms with Gasteiger partial charge in [-0.25, -0.2) is 14.1 Å². The molecule has 3 rings (SSSR count). The molecule has 1 N–H and O–H groups in total. The van der Waals surface area contributed by atoms with Crippen LogP contribution in [0.5, 0.6) is 0 Å². The van der Waals surface area contributed by atoms with Crippen LogP contribution in [-0.4, -0.2) is 26.4 Å². The Hall–Kier alpha value is -2.70. The van der Waals surface area contributed by atoms with E-state index >= 15 is 0 Å². The molecule has 0 aliphatic heterocycles. The number of hydrogen-bond donors (Lipinski definition) is 1. The summed E-state index contributed by atoms with van der Waals surface area (Å²) in [5, 5.41) is 15.9. The lowest BCUT2D eigenvalue weighted by Crippen LogP contribution is -2.13. The van der Waals surface area contributed by atoms with Crippen molar-refractivity contribution < 1.29 is 9.18 Å². The Morgan fingerprint density at radius 1 is 1.48 bits per heavy atom. The van der Waals surface area contributed by atoms with Gasteiger partial charge in [0.25, 0.3) is 5.91 Å². The quantitative estimate of drug-likeness (QED) is 0.690. The number of thiazole rings is 1. The molecule has 0 spiro atoms. The maximum absolute atomic E-state index is 13.3. The molecular formula is C16H12FN5OS2. The minimum atomic E-state index is -0.402. The maximum atomic E-state index is 13.3. The zero-order chi connectivity index (χ0) is 17.8. The molecular weight excluding hydrogens is 361 g/mol. The molecule has 1 aromatic carbocycles. The molecule has 25 heavy (non-hydrogen) atoms. The maximum Gasteiger partial charge on any atom is 0.277 e. The summed E-state index contributed by atoms with van der Waals surface area (Å²) in [4.78, 5) is 16.6. The van der Waals surface area contributed by atoms with Crippen LogP contribution in [0.2, 0.25) is 0 Å². The molecule has 0 saturated heterocycles. The normalized spacial score (nSPS) is 10.4. The van der Waals surface area contributed by atoms with E-state index in [4.69, 9.17) is 5.26 Å². The predicted molar refractivity (Wildman–Crippen MR) is 94.7 cm³/mol. The summed E-state index contributed by atoms with van der Waals surface area (Å²) in [6, 6.07) is 9.55. The molecule has 0 aliphatic rings. The van der Waals surface area contributed by atoms with Gasteiger partial charge >= 0.3 is 0 Å². The SMILES string of the molecule is Cc1nc(NC(=O)c2ccn(-c3cccc(F)c3)n2)sc1SCC#N. The molecule has 0 fully saturated rings. The topological polar surface area (TPSA) is 83.6 Å². The Morgan fingerprint density at radius 3 is 3.08 bits per heavy atom. The van der Waals surface area contributed by atoms with E-state index in [0.717, 1.165) is 9.90 Å². The molecule has 9 heteroatoms. The van der Waals surface area contributed by atoms with E-state index in [9.17, 15) is 9.18 Å². The van der Waals surface area contributed by atoms with Crippen molar-refractivity contribution in [3.05, 3.63) is 53.7 Å². The average molecular weight is 373 g/mol. The largest absolute Gasteiger partial charge is 0.296 e. The van der Waals surface area contributed by atoms with Crippen LogP contribution in [0.15, 0.2) is 40.7 Å². The number of nitrogens with one attached hydrogen (secondary N) is 1. The van der Waals surface area contributed by atoms with Crippen LogP contribution in [-0.2, 0) is 0 Å². The molecule has 2 heterocycles. The van der Waals surface area contributed by atoms with Crippen molar-refractivity contribution in [1.29, 1.82) is 5.26 Å². The number of thioether (sulfide) groups is 1. The highest BCUT2D eigenvalue weighted by Gasteiger charge is 2.14. The first-order valence-corrected chi connectivity index (χ1v) is 8.97. The van der Waals surface area contributed by atoms with Gasteiger partial charge in [-0.3, -0.25) is 10.1 Å². The van der Waals surface area contributed by atoms with E-state index in [2.05, 4.69) is 21.5 Å². The minimum absolute atomic E-state index is 0.198. The Labute approximate surface area is 151 Å². The Balaban J connectivity index is 1.73. The fourth-order valence-electron chi connectivity index (χ4n) is 2.04. The second-order valence-electron chi connectivity index (χ2n) is 4.92. The summed E-state index contributed by atoms with van der Waals surface area (Å²) in [7, 11) is 0. The molecule has 2 aromatic heterocycles. The number of nitrogens with zero attached hydrogens (tertiary/aromatic N) is 4. The monoisotopic (exact) mass is 373 g/mol. The van der Waals surface area contributed by atoms with Gasteiger partial charge in [0.05, 0.1) is 27.4 Å². The second-order valence-corrected chi connectivity index (χ2v) is 7.16. The molecule has 0 saturated carbocycles. The standard InChI is InChI=1S/C16H12FN5OS2/c1-10-15(24-8-6-18)25-16(19-10)20-14(23)13-5-7-22(21-13)12-4-2-3-11(17)9-12/h2-5,7,9H,8H2,1H3,(H,19,20,23). The first kappa shape index (κ1) is 17.1. The third kappa shape index (κ3) is 4.04. The van der Waals surface area contributed by atoms with Crippen LogP contribution in [0.4, 0.5) is 9.52 Å². The number of halogens is 1. The number of aryl methyl sites for hydroxylation is 1. The van der Waals surface area contributed by atoms with Crippen molar-refractivity contribution >= 4 is 34.1 Å². The molecule has 126 valence electrons. The van der Waals surface area contributed by atoms with Gasteiger partial charge < -0.3 is 0 Å². The summed E-state index contributed by atoms with van der Waals surface area (Å²) in [6.45, 7) is 1.82. The van der Waals surface area contributed by atoms with Gasteiger partial charge in [-0.05, 0) is 31.2 Å². The number of hydrogen-bond acceptors (Lipinski definition) is 6. The lowest BCUT2D eigenvalue weighted by atomic mass is 10.3. The van der Waals surface area contributed by atoms with Gasteiger partial charge in [0.2, 0.25) is 0 Å². The van der Waals surface area contributed by atoms with Crippen LogP contribution >= 0.6 is 23.1 Å². The molecule has 0 aliphatic carbocycles. The highest BCUT2D eigenvalue weighted by molar-refractivity contribution is 8.01. The summed E-state index contributed by atoms with van der Waals surface area (Å²) in [6.07, 6.45) is 1.59. The fourth-order valence-corrected chi connectivity index (χ4v) is 3.83. The zero-order valence-corrected chi connectivity index (χ0v) is 14.7. The first-order valence-electron chi connectivity index (χ1n) is 7.17. The van der Waals surface area contributed by atoms with Crippen molar-refractivity contribution in [2.75, 3.05) is 11.1 Å². The number of aromatic nitrogens is 3. The number of carbonyl (C=O) groups is 1. The zero-order valence-electron chi connectivity index (χ0n) is 13.1. The third-order valence-electron chi connectivity index (χ3n) is 3.14. The predicted octanol–water partition coefficient (Wildman–Crippen LogP) is 3.64. The lowest BCUT2D eigenvalue weighted by molar-refractivity contribution is 0.102. The summed E-state index contributed by atoms with van der Waals surface area (Å²) >= 11 is 2.69. The number of amides is 1. The van der Waals surface area contributed by atoms with Crippen LogP contribution < -0.4 is 5.32 Å². The minimum Gasteiger partial charge on any atom is -0.296 e. The third-order valence-corrected chi connectivity index (χ3v) is 5.44. The summed E-state index contributed by atoms with van der Waals surface area (Å²) in [5.41, 5.74) is 1.49. The van der Waals surface area contributed by atoms with E-state index in [0.29, 0.717) is 16.6 Å². The van der Waals surface area contributed by atoms with E-state index in [1.165, 1.54) is 39.9 Å². The number of benzene rings is 1. The van der Waals surface area contributed by atoms with E-state index in [1.54, 1.807) is 24.4 Å². The van der Waals surface area contributed by atoms with Crippen molar-refractivity contribution in [1.82, 2.24) is 14.8 Å². The van der Waals surface area contributed by atoms with Crippen molar-refractivity contribution in [2.45, 2.75) is 11.1 Å². The van der Waals surface area contributed by atoms with Crippen molar-refractivity contribution in [2.24, 2.45) is 0 Å². The fraction of sp³-hybridized carbons (Fsp3) is 0.125.